The van der Waals surface area contributed by atoms with E-state index in [2.05, 4.69) is 5.32 Å². The predicted molar refractivity (Wildman–Crippen MR) is 75.0 cm³/mol. The molecule has 2 aromatic carbocycles. The van der Waals surface area contributed by atoms with Crippen molar-refractivity contribution in [2.45, 2.75) is 13.1 Å². The number of anilines is 2. The van der Waals surface area contributed by atoms with E-state index in [4.69, 9.17) is 5.73 Å². The number of nitrogen functional groups attached to an aromatic ring is 1. The van der Waals surface area contributed by atoms with Crippen LogP contribution < -0.4 is 11.1 Å². The van der Waals surface area contributed by atoms with Crippen molar-refractivity contribution in [3.8, 4) is 0 Å². The summed E-state index contributed by atoms with van der Waals surface area (Å²) in [6.07, 6.45) is -4.59. The fraction of sp³-hybridized carbons (Fsp3) is 0.133. The molecule has 3 N–H and O–H groups in total. The number of hydrogen-bond acceptors (Lipinski definition) is 2. The summed E-state index contributed by atoms with van der Waals surface area (Å²) in [6, 6.07) is 9.91. The van der Waals surface area contributed by atoms with Gasteiger partial charge >= 0.3 is 6.18 Å². The summed E-state index contributed by atoms with van der Waals surface area (Å²) in [5.74, 6) is -0.594. The van der Waals surface area contributed by atoms with E-state index >= 15 is 0 Å². The second-order valence-corrected chi connectivity index (χ2v) is 4.57. The van der Waals surface area contributed by atoms with Gasteiger partial charge in [0.05, 0.1) is 11.3 Å². The van der Waals surface area contributed by atoms with E-state index in [0.717, 1.165) is 12.1 Å². The number of nitrogens with one attached hydrogen (secondary N) is 1. The molecule has 110 valence electrons. The number of rotatable bonds is 2. The molecule has 0 aliphatic rings. The van der Waals surface area contributed by atoms with Crippen LogP contribution in [-0.2, 0) is 6.18 Å². The maximum atomic E-state index is 13.0. The predicted octanol–water partition coefficient (Wildman–Crippen LogP) is 3.85. The van der Waals surface area contributed by atoms with Gasteiger partial charge in [0.2, 0.25) is 0 Å². The first-order valence-corrected chi connectivity index (χ1v) is 6.13. The number of carbonyl (C=O) groups excluding carboxylic acids is 1. The van der Waals surface area contributed by atoms with Gasteiger partial charge in [-0.1, -0.05) is 18.2 Å². The molecule has 1 amide bonds. The van der Waals surface area contributed by atoms with Crippen LogP contribution in [0, 0.1) is 6.92 Å². The Morgan fingerprint density at radius 3 is 2.43 bits per heavy atom. The number of halogens is 3. The molecule has 0 aliphatic carbocycles. The molecule has 3 nitrogen and oxygen atoms in total. The van der Waals surface area contributed by atoms with Gasteiger partial charge in [-0.2, -0.15) is 13.2 Å². The second kappa shape index (κ2) is 5.47. The fourth-order valence-electron chi connectivity index (χ4n) is 1.92. The number of alkyl halides is 3. The Morgan fingerprint density at radius 1 is 1.14 bits per heavy atom. The third-order valence-electron chi connectivity index (χ3n) is 2.99. The van der Waals surface area contributed by atoms with Crippen LogP contribution in [0.15, 0.2) is 42.5 Å². The highest BCUT2D eigenvalue weighted by atomic mass is 19.4. The van der Waals surface area contributed by atoms with E-state index in [1.54, 1.807) is 31.2 Å². The van der Waals surface area contributed by atoms with Gasteiger partial charge in [-0.15, -0.1) is 0 Å². The molecule has 0 heterocycles. The average Bonchev–Trinajstić information content (AvgIpc) is 2.40. The van der Waals surface area contributed by atoms with Crippen molar-refractivity contribution in [3.63, 3.8) is 0 Å². The minimum absolute atomic E-state index is 0.0174. The largest absolute Gasteiger partial charge is 0.418 e. The van der Waals surface area contributed by atoms with Crippen molar-refractivity contribution < 1.29 is 18.0 Å². The van der Waals surface area contributed by atoms with E-state index in [1.807, 2.05) is 0 Å². The first-order valence-electron chi connectivity index (χ1n) is 6.13. The number of aryl methyl sites for hydroxylation is 1. The molecule has 0 atom stereocenters. The fourth-order valence-corrected chi connectivity index (χ4v) is 1.92. The normalized spacial score (nSPS) is 11.2. The summed E-state index contributed by atoms with van der Waals surface area (Å²) in [5, 5.41) is 2.29. The highest BCUT2D eigenvalue weighted by Crippen LogP contribution is 2.36. The average molecular weight is 294 g/mol. The van der Waals surface area contributed by atoms with Gasteiger partial charge in [-0.3, -0.25) is 4.79 Å². The van der Waals surface area contributed by atoms with Crippen molar-refractivity contribution in [1.29, 1.82) is 0 Å². The lowest BCUT2D eigenvalue weighted by Gasteiger charge is -2.15. The first kappa shape index (κ1) is 14.9. The quantitative estimate of drug-likeness (QED) is 0.827. The maximum absolute atomic E-state index is 13.0. The first-order chi connectivity index (χ1) is 9.79. The molecule has 0 aromatic heterocycles. The Labute approximate surface area is 119 Å². The van der Waals surface area contributed by atoms with E-state index in [-0.39, 0.29) is 11.4 Å². The van der Waals surface area contributed by atoms with Gasteiger partial charge in [0.25, 0.3) is 5.91 Å². The summed E-state index contributed by atoms with van der Waals surface area (Å²) in [6.45, 7) is 1.71. The molecule has 0 saturated heterocycles. The lowest BCUT2D eigenvalue weighted by atomic mass is 10.1. The molecular formula is C15H13F3N2O. The van der Waals surface area contributed by atoms with Crippen LogP contribution in [0.1, 0.15) is 21.5 Å². The smallest absolute Gasteiger partial charge is 0.399 e. The number of amides is 1. The molecule has 0 bridgehead atoms. The molecule has 0 unspecified atom stereocenters. The van der Waals surface area contributed by atoms with Crippen LogP contribution >= 0.6 is 0 Å². The highest BCUT2D eigenvalue weighted by Gasteiger charge is 2.34. The Kier molecular flexibility index (Phi) is 3.88. The summed E-state index contributed by atoms with van der Waals surface area (Å²) >= 11 is 0. The van der Waals surface area contributed by atoms with E-state index < -0.39 is 17.6 Å². The molecule has 0 aliphatic heterocycles. The number of benzene rings is 2. The van der Waals surface area contributed by atoms with Gasteiger partial charge in [0.1, 0.15) is 0 Å². The third kappa shape index (κ3) is 3.34. The zero-order valence-corrected chi connectivity index (χ0v) is 11.2. The van der Waals surface area contributed by atoms with E-state index in [0.29, 0.717) is 11.1 Å². The van der Waals surface area contributed by atoms with Crippen molar-refractivity contribution in [3.05, 3.63) is 59.2 Å². The van der Waals surface area contributed by atoms with Crippen molar-refractivity contribution in [2.75, 3.05) is 11.1 Å². The number of nitrogens with two attached hydrogens (primary N) is 1. The summed E-state index contributed by atoms with van der Waals surface area (Å²) < 4.78 is 38.9. The highest BCUT2D eigenvalue weighted by molar-refractivity contribution is 6.05. The van der Waals surface area contributed by atoms with Gasteiger partial charge in [-0.25, -0.2) is 0 Å². The Bertz CT molecular complexity index is 681. The van der Waals surface area contributed by atoms with Gasteiger partial charge in [0.15, 0.2) is 0 Å². The van der Waals surface area contributed by atoms with Crippen LogP contribution in [0.25, 0.3) is 0 Å². The lowest BCUT2D eigenvalue weighted by Crippen LogP contribution is -2.17. The minimum atomic E-state index is -4.59. The molecule has 0 saturated carbocycles. The van der Waals surface area contributed by atoms with Crippen molar-refractivity contribution in [1.82, 2.24) is 0 Å². The second-order valence-electron chi connectivity index (χ2n) is 4.57. The monoisotopic (exact) mass is 294 g/mol. The van der Waals surface area contributed by atoms with Crippen LogP contribution in [0.5, 0.6) is 0 Å². The lowest BCUT2D eigenvalue weighted by molar-refractivity contribution is -0.136. The zero-order chi connectivity index (χ0) is 15.6. The third-order valence-corrected chi connectivity index (χ3v) is 2.99. The van der Waals surface area contributed by atoms with Crippen molar-refractivity contribution >= 4 is 17.3 Å². The summed E-state index contributed by atoms with van der Waals surface area (Å²) in [7, 11) is 0. The summed E-state index contributed by atoms with van der Waals surface area (Å²) in [4.78, 5) is 12.1. The minimum Gasteiger partial charge on any atom is -0.399 e. The standard InChI is InChI=1S/C15H13F3N2O/c1-9-4-2-3-5-11(9)14(21)20-13-7-6-10(19)8-12(13)15(16,17)18/h2-8H,19H2,1H3,(H,20,21). The molecule has 2 rings (SSSR count). The molecule has 0 fully saturated rings. The van der Waals surface area contributed by atoms with Crippen LogP contribution in [0.2, 0.25) is 0 Å². The number of carbonyl (C=O) groups is 1. The zero-order valence-electron chi connectivity index (χ0n) is 11.2. The Balaban J connectivity index is 2.36. The molecule has 2 aromatic rings. The Morgan fingerprint density at radius 2 is 1.81 bits per heavy atom. The maximum Gasteiger partial charge on any atom is 0.418 e. The van der Waals surface area contributed by atoms with Crippen LogP contribution in [0.3, 0.4) is 0 Å². The molecular weight excluding hydrogens is 281 g/mol. The molecule has 0 radical (unpaired) electrons. The topological polar surface area (TPSA) is 55.1 Å². The van der Waals surface area contributed by atoms with Gasteiger partial charge in [-0.05, 0) is 36.8 Å². The molecule has 0 spiro atoms. The van der Waals surface area contributed by atoms with E-state index in [1.165, 1.54) is 6.07 Å². The SMILES string of the molecule is Cc1ccccc1C(=O)Nc1ccc(N)cc1C(F)(F)F. The molecule has 21 heavy (non-hydrogen) atoms. The van der Waals surface area contributed by atoms with Crippen LogP contribution in [0.4, 0.5) is 24.5 Å². The number of hydrogen-bond donors (Lipinski definition) is 2. The van der Waals surface area contributed by atoms with Crippen LogP contribution in [-0.4, -0.2) is 5.91 Å². The van der Waals surface area contributed by atoms with Gasteiger partial charge in [0, 0.05) is 11.3 Å². The van der Waals surface area contributed by atoms with E-state index in [9.17, 15) is 18.0 Å². The summed E-state index contributed by atoms with van der Waals surface area (Å²) in [5.41, 5.74) is 5.08. The Hall–Kier alpha value is -2.50. The molecule has 6 heteroatoms. The van der Waals surface area contributed by atoms with Gasteiger partial charge < -0.3 is 11.1 Å². The van der Waals surface area contributed by atoms with Crippen molar-refractivity contribution in [2.24, 2.45) is 0 Å².